The molecule has 2 heterocycles. The second-order valence-electron chi connectivity index (χ2n) is 4.33. The number of nitrogens with zero attached hydrogens (tertiary/aromatic N) is 2. The molecule has 3 rings (SSSR count). The first-order valence-corrected chi connectivity index (χ1v) is 6.15. The molecule has 1 saturated heterocycles. The maximum absolute atomic E-state index is 13.1. The van der Waals surface area contributed by atoms with Gasteiger partial charge in [0.05, 0.1) is 17.1 Å². The van der Waals surface area contributed by atoms with Crippen LogP contribution in [0.15, 0.2) is 23.0 Å². The van der Waals surface area contributed by atoms with Crippen molar-refractivity contribution in [1.29, 1.82) is 0 Å². The maximum atomic E-state index is 13.1. The molecule has 1 N–H and O–H groups in total. The molecule has 0 amide bonds. The second kappa shape index (κ2) is 4.33. The van der Waals surface area contributed by atoms with Crippen molar-refractivity contribution in [1.82, 2.24) is 14.9 Å². The van der Waals surface area contributed by atoms with Gasteiger partial charge in [0.25, 0.3) is 5.56 Å². The van der Waals surface area contributed by atoms with Crippen LogP contribution in [0.4, 0.5) is 4.39 Å². The zero-order valence-corrected chi connectivity index (χ0v) is 10.2. The summed E-state index contributed by atoms with van der Waals surface area (Å²) in [6, 6.07) is 3.92. The maximum Gasteiger partial charge on any atom is 0.263 e. The predicted octanol–water partition coefficient (Wildman–Crippen LogP) is 2.07. The summed E-state index contributed by atoms with van der Waals surface area (Å²) in [7, 11) is 0. The fourth-order valence-electron chi connectivity index (χ4n) is 2.30. The van der Waals surface area contributed by atoms with Gasteiger partial charge in [0.1, 0.15) is 5.82 Å². The smallest absolute Gasteiger partial charge is 0.263 e. The summed E-state index contributed by atoms with van der Waals surface area (Å²) in [6.07, 6.45) is 1.72. The van der Waals surface area contributed by atoms with Crippen molar-refractivity contribution in [3.05, 3.63) is 39.7 Å². The van der Waals surface area contributed by atoms with Crippen LogP contribution in [0.25, 0.3) is 10.9 Å². The van der Waals surface area contributed by atoms with Crippen LogP contribution < -0.4 is 10.9 Å². The van der Waals surface area contributed by atoms with Crippen molar-refractivity contribution in [2.45, 2.75) is 19.0 Å². The molecule has 1 aromatic heterocycles. The number of hydrogen-bond donors (Lipinski definition) is 1. The molecule has 0 saturated carbocycles. The second-order valence-corrected chi connectivity index (χ2v) is 4.67. The van der Waals surface area contributed by atoms with E-state index in [1.807, 2.05) is 0 Å². The third-order valence-electron chi connectivity index (χ3n) is 3.17. The monoisotopic (exact) mass is 267 g/mol. The Labute approximate surface area is 107 Å². The molecule has 1 atom stereocenters. The molecule has 1 aromatic carbocycles. The number of halogens is 2. The Bertz CT molecular complexity index is 664. The van der Waals surface area contributed by atoms with Crippen LogP contribution >= 0.6 is 11.6 Å². The van der Waals surface area contributed by atoms with Crippen LogP contribution in [0.1, 0.15) is 19.0 Å². The largest absolute Gasteiger partial charge is 0.297 e. The Morgan fingerprint density at radius 3 is 3.06 bits per heavy atom. The van der Waals surface area contributed by atoms with Gasteiger partial charge >= 0.3 is 0 Å². The summed E-state index contributed by atoms with van der Waals surface area (Å²) in [5.41, 5.74) is 0.0589. The molecule has 1 aliphatic rings. The van der Waals surface area contributed by atoms with E-state index >= 15 is 0 Å². The highest BCUT2D eigenvalue weighted by molar-refractivity contribution is 6.28. The summed E-state index contributed by atoms with van der Waals surface area (Å²) in [5, 5.41) is 3.67. The predicted molar refractivity (Wildman–Crippen MR) is 67.2 cm³/mol. The molecule has 0 aliphatic carbocycles. The minimum Gasteiger partial charge on any atom is -0.297 e. The Morgan fingerprint density at radius 2 is 2.33 bits per heavy atom. The lowest BCUT2D eigenvalue weighted by atomic mass is 10.2. The molecule has 1 fully saturated rings. The SMILES string of the molecule is O=c1c2ccc(F)cc2nc(Cl)n1C1CCCN1. The average molecular weight is 268 g/mol. The Hall–Kier alpha value is -1.46. The number of rotatable bonds is 1. The van der Waals surface area contributed by atoms with Gasteiger partial charge in [0.15, 0.2) is 0 Å². The lowest BCUT2D eigenvalue weighted by Crippen LogP contribution is -2.31. The molecule has 0 spiro atoms. The molecule has 1 unspecified atom stereocenters. The minimum absolute atomic E-state index is 0.0949. The van der Waals surface area contributed by atoms with Gasteiger partial charge in [0.2, 0.25) is 5.28 Å². The number of nitrogens with one attached hydrogen (secondary N) is 1. The van der Waals surface area contributed by atoms with Gasteiger partial charge in [-0.2, -0.15) is 0 Å². The summed E-state index contributed by atoms with van der Waals surface area (Å²) >= 11 is 6.03. The van der Waals surface area contributed by atoms with Crippen LogP contribution in [0.5, 0.6) is 0 Å². The number of benzene rings is 1. The fourth-order valence-corrected chi connectivity index (χ4v) is 2.59. The van der Waals surface area contributed by atoms with Crippen molar-refractivity contribution in [3.63, 3.8) is 0 Å². The Kier molecular flexibility index (Phi) is 2.80. The number of fused-ring (bicyclic) bond motifs is 1. The van der Waals surface area contributed by atoms with Crippen LogP contribution in [0, 0.1) is 5.82 Å². The first kappa shape index (κ1) is 11.6. The Balaban J connectivity index is 2.26. The third kappa shape index (κ3) is 1.79. The van der Waals surface area contributed by atoms with E-state index in [1.54, 1.807) is 0 Å². The van der Waals surface area contributed by atoms with Gasteiger partial charge in [-0.05, 0) is 43.1 Å². The fraction of sp³-hybridized carbons (Fsp3) is 0.333. The molecule has 4 nitrogen and oxygen atoms in total. The van der Waals surface area contributed by atoms with Gasteiger partial charge in [-0.3, -0.25) is 14.7 Å². The lowest BCUT2D eigenvalue weighted by Gasteiger charge is -2.16. The molecule has 94 valence electrons. The van der Waals surface area contributed by atoms with Gasteiger partial charge < -0.3 is 0 Å². The van der Waals surface area contributed by atoms with E-state index in [9.17, 15) is 9.18 Å². The molecule has 1 aliphatic heterocycles. The number of hydrogen-bond acceptors (Lipinski definition) is 3. The minimum atomic E-state index is -0.429. The zero-order valence-electron chi connectivity index (χ0n) is 9.49. The zero-order chi connectivity index (χ0) is 12.7. The van der Waals surface area contributed by atoms with E-state index in [-0.39, 0.29) is 17.0 Å². The summed E-state index contributed by atoms with van der Waals surface area (Å²) in [5.74, 6) is -0.429. The van der Waals surface area contributed by atoms with E-state index in [0.717, 1.165) is 19.4 Å². The van der Waals surface area contributed by atoms with E-state index in [4.69, 9.17) is 11.6 Å². The normalized spacial score (nSPS) is 19.6. The van der Waals surface area contributed by atoms with E-state index in [2.05, 4.69) is 10.3 Å². The van der Waals surface area contributed by atoms with Crippen LogP contribution in [0.2, 0.25) is 5.28 Å². The van der Waals surface area contributed by atoms with Crippen molar-refractivity contribution in [2.75, 3.05) is 6.54 Å². The average Bonchev–Trinajstić information content (AvgIpc) is 2.82. The van der Waals surface area contributed by atoms with Crippen LogP contribution in [0.3, 0.4) is 0 Å². The van der Waals surface area contributed by atoms with Crippen LogP contribution in [-0.2, 0) is 0 Å². The molecule has 0 bridgehead atoms. The van der Waals surface area contributed by atoms with Crippen molar-refractivity contribution < 1.29 is 4.39 Å². The third-order valence-corrected chi connectivity index (χ3v) is 3.43. The molecular weight excluding hydrogens is 257 g/mol. The highest BCUT2D eigenvalue weighted by atomic mass is 35.5. The van der Waals surface area contributed by atoms with Crippen LogP contribution in [-0.4, -0.2) is 16.1 Å². The summed E-state index contributed by atoms with van der Waals surface area (Å²) < 4.78 is 14.5. The standard InChI is InChI=1S/C12H11ClFN3O/c13-12-16-9-6-7(14)3-4-8(9)11(18)17(12)10-2-1-5-15-10/h3-4,6,10,15H,1-2,5H2. The molecule has 0 radical (unpaired) electrons. The Morgan fingerprint density at radius 1 is 1.50 bits per heavy atom. The quantitative estimate of drug-likeness (QED) is 0.805. The van der Waals surface area contributed by atoms with Crippen molar-refractivity contribution in [2.24, 2.45) is 0 Å². The summed E-state index contributed by atoms with van der Waals surface area (Å²) in [6.45, 7) is 0.856. The number of aromatic nitrogens is 2. The first-order chi connectivity index (χ1) is 8.66. The van der Waals surface area contributed by atoms with Gasteiger partial charge in [-0.15, -0.1) is 0 Å². The molecule has 6 heteroatoms. The van der Waals surface area contributed by atoms with Gasteiger partial charge in [-0.1, -0.05) is 0 Å². The van der Waals surface area contributed by atoms with Crippen molar-refractivity contribution >= 4 is 22.5 Å². The van der Waals surface area contributed by atoms with E-state index in [1.165, 1.54) is 22.8 Å². The lowest BCUT2D eigenvalue weighted by molar-refractivity contribution is 0.453. The summed E-state index contributed by atoms with van der Waals surface area (Å²) in [4.78, 5) is 16.4. The van der Waals surface area contributed by atoms with E-state index in [0.29, 0.717) is 10.9 Å². The highest BCUT2D eigenvalue weighted by Crippen LogP contribution is 2.20. The van der Waals surface area contributed by atoms with E-state index < -0.39 is 5.82 Å². The molecule has 18 heavy (non-hydrogen) atoms. The first-order valence-electron chi connectivity index (χ1n) is 5.77. The molecular formula is C12H11ClFN3O. The van der Waals surface area contributed by atoms with Gasteiger partial charge in [-0.25, -0.2) is 9.37 Å². The van der Waals surface area contributed by atoms with Crippen molar-refractivity contribution in [3.8, 4) is 0 Å². The highest BCUT2D eigenvalue weighted by Gasteiger charge is 2.21. The topological polar surface area (TPSA) is 46.9 Å². The van der Waals surface area contributed by atoms with Gasteiger partial charge in [0, 0.05) is 6.07 Å². The molecule has 2 aromatic rings.